The number of carbonyl (C=O) groups is 2. The van der Waals surface area contributed by atoms with Crippen LogP contribution in [0.2, 0.25) is 0 Å². The quantitative estimate of drug-likeness (QED) is 0.553. The number of aliphatic imine (C=N–C) groups is 1. The first-order valence-corrected chi connectivity index (χ1v) is 3.62. The van der Waals surface area contributed by atoms with E-state index in [9.17, 15) is 9.59 Å². The smallest absolute Gasteiger partial charge is 0.242 e. The lowest BCUT2D eigenvalue weighted by Crippen LogP contribution is -2.43. The van der Waals surface area contributed by atoms with Crippen molar-refractivity contribution in [2.75, 3.05) is 7.05 Å². The van der Waals surface area contributed by atoms with Crippen molar-refractivity contribution in [2.45, 2.75) is 19.4 Å². The molecule has 1 atom stereocenters. The van der Waals surface area contributed by atoms with E-state index in [1.165, 1.54) is 4.90 Å². The zero-order valence-electron chi connectivity index (χ0n) is 7.07. The number of rotatable bonds is 1. The number of primary amides is 1. The average Bonchev–Trinajstić information content (AvgIpc) is 1.99. The molecule has 0 saturated carbocycles. The lowest BCUT2D eigenvalue weighted by molar-refractivity contribution is -0.130. The van der Waals surface area contributed by atoms with Gasteiger partial charge in [0, 0.05) is 7.05 Å². The number of nitrogens with two attached hydrogens (primary N) is 1. The molecule has 1 unspecified atom stereocenters. The monoisotopic (exact) mass is 169 g/mol. The molecule has 5 heteroatoms. The van der Waals surface area contributed by atoms with Gasteiger partial charge in [-0.1, -0.05) is 0 Å². The summed E-state index contributed by atoms with van der Waals surface area (Å²) in [4.78, 5) is 27.2. The van der Waals surface area contributed by atoms with E-state index in [0.29, 0.717) is 5.84 Å². The molecule has 0 spiro atoms. The van der Waals surface area contributed by atoms with E-state index >= 15 is 0 Å². The maximum atomic E-state index is 11.2. The Balaban J connectivity index is 2.87. The van der Waals surface area contributed by atoms with Gasteiger partial charge in [-0.2, -0.15) is 0 Å². The Labute approximate surface area is 70.2 Å². The zero-order chi connectivity index (χ0) is 9.30. The molecule has 1 aliphatic rings. The van der Waals surface area contributed by atoms with Gasteiger partial charge in [-0.3, -0.25) is 14.6 Å². The van der Waals surface area contributed by atoms with Gasteiger partial charge in [-0.15, -0.1) is 0 Å². The van der Waals surface area contributed by atoms with Crippen LogP contribution < -0.4 is 5.73 Å². The summed E-state index contributed by atoms with van der Waals surface area (Å²) >= 11 is 0. The molecule has 0 radical (unpaired) electrons. The van der Waals surface area contributed by atoms with Crippen LogP contribution in [0.15, 0.2) is 4.99 Å². The maximum absolute atomic E-state index is 11.2. The SMILES string of the molecule is CC1=NC(C(N)=O)CC(=O)N1C. The van der Waals surface area contributed by atoms with Crippen molar-refractivity contribution in [3.63, 3.8) is 0 Å². The summed E-state index contributed by atoms with van der Waals surface area (Å²) in [5, 5.41) is 0. The van der Waals surface area contributed by atoms with Gasteiger partial charge in [0.25, 0.3) is 0 Å². The third-order valence-corrected chi connectivity index (χ3v) is 1.90. The van der Waals surface area contributed by atoms with Gasteiger partial charge in [0.15, 0.2) is 0 Å². The fraction of sp³-hybridized carbons (Fsp3) is 0.571. The van der Waals surface area contributed by atoms with Gasteiger partial charge in [-0.25, -0.2) is 0 Å². The number of amides is 2. The van der Waals surface area contributed by atoms with Crippen molar-refractivity contribution in [2.24, 2.45) is 10.7 Å². The fourth-order valence-corrected chi connectivity index (χ4v) is 1.00. The molecule has 5 nitrogen and oxygen atoms in total. The molecule has 1 heterocycles. The summed E-state index contributed by atoms with van der Waals surface area (Å²) in [6.07, 6.45) is 0.0865. The summed E-state index contributed by atoms with van der Waals surface area (Å²) in [6.45, 7) is 1.67. The second-order valence-electron chi connectivity index (χ2n) is 2.75. The highest BCUT2D eigenvalue weighted by atomic mass is 16.2. The van der Waals surface area contributed by atoms with Gasteiger partial charge < -0.3 is 10.6 Å². The van der Waals surface area contributed by atoms with Gasteiger partial charge in [0.05, 0.1) is 6.42 Å². The Hall–Kier alpha value is -1.39. The lowest BCUT2D eigenvalue weighted by atomic mass is 10.1. The van der Waals surface area contributed by atoms with E-state index in [1.54, 1.807) is 14.0 Å². The third-order valence-electron chi connectivity index (χ3n) is 1.90. The molecule has 0 aliphatic carbocycles. The van der Waals surface area contributed by atoms with Gasteiger partial charge in [-0.05, 0) is 6.92 Å². The molecular weight excluding hydrogens is 158 g/mol. The maximum Gasteiger partial charge on any atom is 0.242 e. The third kappa shape index (κ3) is 1.44. The molecule has 66 valence electrons. The predicted octanol–water partition coefficient (Wildman–Crippen LogP) is -0.879. The minimum absolute atomic E-state index is 0.0865. The van der Waals surface area contributed by atoms with E-state index in [0.717, 1.165) is 0 Å². The molecule has 0 fully saturated rings. The van der Waals surface area contributed by atoms with E-state index in [4.69, 9.17) is 5.73 Å². The number of amidine groups is 1. The number of nitrogens with zero attached hydrogens (tertiary/aromatic N) is 2. The van der Waals surface area contributed by atoms with E-state index in [1.807, 2.05) is 0 Å². The first kappa shape index (κ1) is 8.70. The van der Waals surface area contributed by atoms with Crippen LogP contribution in [0.5, 0.6) is 0 Å². The van der Waals surface area contributed by atoms with Crippen molar-refractivity contribution < 1.29 is 9.59 Å². The van der Waals surface area contributed by atoms with Gasteiger partial charge >= 0.3 is 0 Å². The fourth-order valence-electron chi connectivity index (χ4n) is 1.00. The van der Waals surface area contributed by atoms with E-state index < -0.39 is 11.9 Å². The van der Waals surface area contributed by atoms with Crippen molar-refractivity contribution in [1.29, 1.82) is 0 Å². The van der Waals surface area contributed by atoms with Crippen molar-refractivity contribution in [3.8, 4) is 0 Å². The number of carbonyl (C=O) groups excluding carboxylic acids is 2. The Morgan fingerprint density at radius 2 is 2.33 bits per heavy atom. The topological polar surface area (TPSA) is 75.8 Å². The van der Waals surface area contributed by atoms with Crippen LogP contribution in [0.1, 0.15) is 13.3 Å². The molecule has 0 bridgehead atoms. The van der Waals surface area contributed by atoms with Crippen LogP contribution in [-0.2, 0) is 9.59 Å². The van der Waals surface area contributed by atoms with Crippen LogP contribution >= 0.6 is 0 Å². The van der Waals surface area contributed by atoms with Gasteiger partial charge in [0.1, 0.15) is 11.9 Å². The standard InChI is InChI=1S/C7H11N3O2/c1-4-9-5(7(8)12)3-6(11)10(4)2/h5H,3H2,1-2H3,(H2,8,12). The van der Waals surface area contributed by atoms with Crippen LogP contribution in [0.4, 0.5) is 0 Å². The van der Waals surface area contributed by atoms with E-state index in [2.05, 4.69) is 4.99 Å². The first-order chi connectivity index (χ1) is 5.52. The summed E-state index contributed by atoms with van der Waals surface area (Å²) in [5.41, 5.74) is 5.02. The Bertz CT molecular complexity index is 259. The molecule has 0 aromatic rings. The largest absolute Gasteiger partial charge is 0.368 e. The molecule has 1 aliphatic heterocycles. The number of hydrogen-bond acceptors (Lipinski definition) is 3. The van der Waals surface area contributed by atoms with Crippen LogP contribution in [0, 0.1) is 0 Å². The first-order valence-electron chi connectivity index (χ1n) is 3.62. The highest BCUT2D eigenvalue weighted by molar-refractivity contribution is 6.02. The molecule has 0 aromatic carbocycles. The highest BCUT2D eigenvalue weighted by Crippen LogP contribution is 2.09. The Morgan fingerprint density at radius 1 is 1.75 bits per heavy atom. The van der Waals surface area contributed by atoms with Crippen molar-refractivity contribution in [3.05, 3.63) is 0 Å². The van der Waals surface area contributed by atoms with Crippen LogP contribution in [-0.4, -0.2) is 35.6 Å². The second-order valence-corrected chi connectivity index (χ2v) is 2.75. The van der Waals surface area contributed by atoms with E-state index in [-0.39, 0.29) is 12.3 Å². The molecular formula is C7H11N3O2. The Morgan fingerprint density at radius 3 is 2.75 bits per heavy atom. The lowest BCUT2D eigenvalue weighted by Gasteiger charge is -2.24. The molecule has 0 saturated heterocycles. The van der Waals surface area contributed by atoms with Crippen LogP contribution in [0.3, 0.4) is 0 Å². The summed E-state index contributed by atoms with van der Waals surface area (Å²) in [6, 6.07) is -0.673. The molecule has 2 amide bonds. The van der Waals surface area contributed by atoms with Gasteiger partial charge in [0.2, 0.25) is 11.8 Å². The van der Waals surface area contributed by atoms with Crippen molar-refractivity contribution in [1.82, 2.24) is 4.90 Å². The minimum atomic E-state index is -0.673. The average molecular weight is 169 g/mol. The molecule has 12 heavy (non-hydrogen) atoms. The molecule has 1 rings (SSSR count). The molecule has 0 aromatic heterocycles. The zero-order valence-corrected chi connectivity index (χ0v) is 7.07. The summed E-state index contributed by atoms with van der Waals surface area (Å²) < 4.78 is 0. The summed E-state index contributed by atoms with van der Waals surface area (Å²) in [5.74, 6) is -0.128. The molecule has 2 N–H and O–H groups in total. The van der Waals surface area contributed by atoms with Crippen LogP contribution in [0.25, 0.3) is 0 Å². The second kappa shape index (κ2) is 2.92. The highest BCUT2D eigenvalue weighted by Gasteiger charge is 2.26. The summed E-state index contributed by atoms with van der Waals surface area (Å²) in [7, 11) is 1.62. The normalized spacial score (nSPS) is 23.8. The number of hydrogen-bond donors (Lipinski definition) is 1. The predicted molar refractivity (Wildman–Crippen MR) is 43.5 cm³/mol. The van der Waals surface area contributed by atoms with Crippen molar-refractivity contribution >= 4 is 17.6 Å². The Kier molecular flexibility index (Phi) is 2.12. The minimum Gasteiger partial charge on any atom is -0.368 e.